The van der Waals surface area contributed by atoms with E-state index in [2.05, 4.69) is 16.5 Å². The number of fused-ring (bicyclic) bond motifs is 1. The highest BCUT2D eigenvalue weighted by Crippen LogP contribution is 2.37. The van der Waals surface area contributed by atoms with Gasteiger partial charge in [0.15, 0.2) is 0 Å². The second kappa shape index (κ2) is 5.93. The average Bonchev–Trinajstić information content (AvgIpc) is 3.06. The summed E-state index contributed by atoms with van der Waals surface area (Å²) in [6, 6.07) is 4.04. The number of carbonyl (C=O) groups excluding carboxylic acids is 1. The average molecular weight is 314 g/mol. The molecule has 5 nitrogen and oxygen atoms in total. The van der Waals surface area contributed by atoms with E-state index in [9.17, 15) is 10.1 Å². The summed E-state index contributed by atoms with van der Waals surface area (Å²) in [5.41, 5.74) is 3.13. The molecule has 0 aliphatic heterocycles. The standard InChI is InChI=1S/C16H18N4OS/c1-3-20-13(8-10(2)19-20)15(21)18-16-12(9-17)11-6-4-5-7-14(11)22-16/h8H,3-7H2,1-2H3,(H,18,21). The van der Waals surface area contributed by atoms with Gasteiger partial charge < -0.3 is 5.32 Å². The number of hydrogen-bond acceptors (Lipinski definition) is 4. The highest BCUT2D eigenvalue weighted by atomic mass is 32.1. The molecule has 6 heteroatoms. The highest BCUT2D eigenvalue weighted by molar-refractivity contribution is 7.16. The molecule has 1 aliphatic rings. The number of carbonyl (C=O) groups is 1. The van der Waals surface area contributed by atoms with Crippen molar-refractivity contribution in [3.05, 3.63) is 33.5 Å². The third-order valence-corrected chi connectivity index (χ3v) is 5.15. The van der Waals surface area contributed by atoms with Gasteiger partial charge in [-0.05, 0) is 51.2 Å². The Morgan fingerprint density at radius 3 is 3.00 bits per heavy atom. The molecule has 1 N–H and O–H groups in total. The number of hydrogen-bond donors (Lipinski definition) is 1. The van der Waals surface area contributed by atoms with Crippen LogP contribution < -0.4 is 5.32 Å². The topological polar surface area (TPSA) is 70.7 Å². The Hall–Kier alpha value is -2.13. The van der Waals surface area contributed by atoms with Crippen LogP contribution in [0.1, 0.15) is 52.0 Å². The van der Waals surface area contributed by atoms with Crippen molar-refractivity contribution in [1.82, 2.24) is 9.78 Å². The van der Waals surface area contributed by atoms with Crippen LogP contribution in [-0.2, 0) is 19.4 Å². The smallest absolute Gasteiger partial charge is 0.274 e. The van der Waals surface area contributed by atoms with E-state index in [0.29, 0.717) is 22.8 Å². The maximum Gasteiger partial charge on any atom is 0.274 e. The van der Waals surface area contributed by atoms with Gasteiger partial charge in [-0.3, -0.25) is 9.48 Å². The van der Waals surface area contributed by atoms with E-state index in [1.54, 1.807) is 22.1 Å². The fourth-order valence-corrected chi connectivity index (χ4v) is 4.14. The van der Waals surface area contributed by atoms with E-state index < -0.39 is 0 Å². The van der Waals surface area contributed by atoms with Crippen LogP contribution in [0.5, 0.6) is 0 Å². The van der Waals surface area contributed by atoms with Crippen molar-refractivity contribution in [2.24, 2.45) is 0 Å². The molecular weight excluding hydrogens is 296 g/mol. The van der Waals surface area contributed by atoms with E-state index in [1.807, 2.05) is 13.8 Å². The Bertz CT molecular complexity index is 766. The number of nitrogens with one attached hydrogen (secondary N) is 1. The molecule has 22 heavy (non-hydrogen) atoms. The van der Waals surface area contributed by atoms with E-state index in [1.165, 1.54) is 4.88 Å². The van der Waals surface area contributed by atoms with Gasteiger partial charge in [-0.2, -0.15) is 10.4 Å². The molecule has 114 valence electrons. The lowest BCUT2D eigenvalue weighted by Gasteiger charge is -2.09. The normalized spacial score (nSPS) is 13.5. The van der Waals surface area contributed by atoms with Crippen LogP contribution in [0.25, 0.3) is 0 Å². The summed E-state index contributed by atoms with van der Waals surface area (Å²) < 4.78 is 1.68. The predicted octanol–water partition coefficient (Wildman–Crippen LogP) is 3.28. The number of amides is 1. The van der Waals surface area contributed by atoms with Crippen molar-refractivity contribution >= 4 is 22.2 Å². The summed E-state index contributed by atoms with van der Waals surface area (Å²) in [5, 5.41) is 17.3. The van der Waals surface area contributed by atoms with Gasteiger partial charge in [-0.1, -0.05) is 0 Å². The van der Waals surface area contributed by atoms with Gasteiger partial charge in [0, 0.05) is 11.4 Å². The molecule has 3 rings (SSSR count). The summed E-state index contributed by atoms with van der Waals surface area (Å²) in [4.78, 5) is 13.8. The van der Waals surface area contributed by atoms with E-state index in [-0.39, 0.29) is 5.91 Å². The number of aryl methyl sites for hydroxylation is 3. The fraction of sp³-hybridized carbons (Fsp3) is 0.438. The zero-order valence-corrected chi connectivity index (χ0v) is 13.6. The second-order valence-corrected chi connectivity index (χ2v) is 6.57. The molecule has 0 aromatic carbocycles. The van der Waals surface area contributed by atoms with Crippen molar-refractivity contribution < 1.29 is 4.79 Å². The Balaban J connectivity index is 1.91. The number of nitrogens with zero attached hydrogens (tertiary/aromatic N) is 3. The summed E-state index contributed by atoms with van der Waals surface area (Å²) in [6.45, 7) is 4.46. The Morgan fingerprint density at radius 1 is 1.50 bits per heavy atom. The molecule has 0 radical (unpaired) electrons. The third kappa shape index (κ3) is 2.53. The minimum Gasteiger partial charge on any atom is -0.311 e. The summed E-state index contributed by atoms with van der Waals surface area (Å²) in [5.74, 6) is -0.197. The first-order chi connectivity index (χ1) is 10.6. The largest absolute Gasteiger partial charge is 0.311 e. The van der Waals surface area contributed by atoms with Crippen LogP contribution in [0.2, 0.25) is 0 Å². The molecule has 2 heterocycles. The first-order valence-corrected chi connectivity index (χ1v) is 8.36. The molecule has 0 saturated heterocycles. The Morgan fingerprint density at radius 2 is 2.27 bits per heavy atom. The van der Waals surface area contributed by atoms with Crippen LogP contribution in [0.3, 0.4) is 0 Å². The molecule has 0 atom stereocenters. The van der Waals surface area contributed by atoms with Gasteiger partial charge >= 0.3 is 0 Å². The second-order valence-electron chi connectivity index (χ2n) is 5.47. The summed E-state index contributed by atoms with van der Waals surface area (Å²) in [7, 11) is 0. The van der Waals surface area contributed by atoms with Gasteiger partial charge in [-0.15, -0.1) is 11.3 Å². The molecule has 0 bridgehead atoms. The molecule has 2 aromatic heterocycles. The minimum atomic E-state index is -0.197. The van der Waals surface area contributed by atoms with E-state index in [4.69, 9.17) is 0 Å². The molecule has 0 saturated carbocycles. The highest BCUT2D eigenvalue weighted by Gasteiger charge is 2.23. The maximum atomic E-state index is 12.5. The van der Waals surface area contributed by atoms with Crippen molar-refractivity contribution in [2.75, 3.05) is 5.32 Å². The zero-order valence-electron chi connectivity index (χ0n) is 12.8. The Kier molecular flexibility index (Phi) is 3.99. The van der Waals surface area contributed by atoms with Crippen LogP contribution in [-0.4, -0.2) is 15.7 Å². The lowest BCUT2D eigenvalue weighted by atomic mass is 9.96. The number of anilines is 1. The third-order valence-electron chi connectivity index (χ3n) is 3.94. The molecule has 2 aromatic rings. The van der Waals surface area contributed by atoms with Crippen molar-refractivity contribution in [2.45, 2.75) is 46.1 Å². The Labute approximate surface area is 133 Å². The van der Waals surface area contributed by atoms with Crippen molar-refractivity contribution in [3.8, 4) is 6.07 Å². The van der Waals surface area contributed by atoms with Crippen LogP contribution in [0.4, 0.5) is 5.00 Å². The molecule has 0 spiro atoms. The van der Waals surface area contributed by atoms with Gasteiger partial charge in [0.25, 0.3) is 5.91 Å². The molecule has 1 aliphatic carbocycles. The number of thiophene rings is 1. The van der Waals surface area contributed by atoms with Gasteiger partial charge in [0.1, 0.15) is 16.8 Å². The summed E-state index contributed by atoms with van der Waals surface area (Å²) in [6.07, 6.45) is 4.23. The number of rotatable bonds is 3. The maximum absolute atomic E-state index is 12.5. The predicted molar refractivity (Wildman–Crippen MR) is 86.3 cm³/mol. The van der Waals surface area contributed by atoms with Gasteiger partial charge in [0.05, 0.1) is 11.3 Å². The minimum absolute atomic E-state index is 0.197. The monoisotopic (exact) mass is 314 g/mol. The van der Waals surface area contributed by atoms with Gasteiger partial charge in [-0.25, -0.2) is 0 Å². The fourth-order valence-electron chi connectivity index (χ4n) is 2.91. The van der Waals surface area contributed by atoms with Gasteiger partial charge in [0.2, 0.25) is 0 Å². The van der Waals surface area contributed by atoms with E-state index >= 15 is 0 Å². The quantitative estimate of drug-likeness (QED) is 0.945. The molecule has 1 amide bonds. The van der Waals surface area contributed by atoms with Crippen LogP contribution in [0.15, 0.2) is 6.07 Å². The lowest BCUT2D eigenvalue weighted by molar-refractivity contribution is 0.101. The number of nitriles is 1. The van der Waals surface area contributed by atoms with Crippen molar-refractivity contribution in [1.29, 1.82) is 5.26 Å². The SMILES string of the molecule is CCn1nc(C)cc1C(=O)Nc1sc2c(c1C#N)CCCC2. The zero-order chi connectivity index (χ0) is 15.7. The van der Waals surface area contributed by atoms with E-state index in [0.717, 1.165) is 36.9 Å². The van der Waals surface area contributed by atoms with Crippen molar-refractivity contribution in [3.63, 3.8) is 0 Å². The molecule has 0 fully saturated rings. The molecular formula is C16H18N4OS. The first-order valence-electron chi connectivity index (χ1n) is 7.54. The summed E-state index contributed by atoms with van der Waals surface area (Å²) >= 11 is 1.55. The molecule has 0 unspecified atom stereocenters. The number of aromatic nitrogens is 2. The van der Waals surface area contributed by atoms with Crippen LogP contribution in [0, 0.1) is 18.3 Å². The lowest BCUT2D eigenvalue weighted by Crippen LogP contribution is -2.17. The first kappa shape index (κ1) is 14.8. The van der Waals surface area contributed by atoms with Crippen LogP contribution >= 0.6 is 11.3 Å².